The third-order valence-electron chi connectivity index (χ3n) is 2.82. The maximum atomic E-state index is 12.5. The molecule has 2 aromatic rings. The number of nitrogens with zero attached hydrogens (tertiary/aromatic N) is 1. The molecule has 0 N–H and O–H groups in total. The van der Waals surface area contributed by atoms with Crippen LogP contribution in [-0.4, -0.2) is 27.1 Å². The Hall–Kier alpha value is -2.08. The van der Waals surface area contributed by atoms with Gasteiger partial charge in [0, 0.05) is 6.07 Å². The molecule has 0 fully saturated rings. The molecule has 2 rings (SSSR count). The molecule has 112 valence electrons. The van der Waals surface area contributed by atoms with Crippen molar-refractivity contribution in [1.29, 1.82) is 0 Å². The molecule has 0 unspecified atom stereocenters. The summed E-state index contributed by atoms with van der Waals surface area (Å²) in [5.74, 6) is 0.553. The molecule has 6 heteroatoms. The number of methoxy groups -OCH3 is 1. The molecule has 0 atom stereocenters. The Morgan fingerprint density at radius 2 is 1.86 bits per heavy atom. The zero-order valence-corrected chi connectivity index (χ0v) is 12.8. The van der Waals surface area contributed by atoms with Crippen molar-refractivity contribution < 1.29 is 17.9 Å². The monoisotopic (exact) mass is 307 g/mol. The van der Waals surface area contributed by atoms with Gasteiger partial charge < -0.3 is 9.47 Å². The van der Waals surface area contributed by atoms with Gasteiger partial charge in [-0.3, -0.25) is 0 Å². The van der Waals surface area contributed by atoms with Crippen molar-refractivity contribution in [3.05, 3.63) is 48.2 Å². The van der Waals surface area contributed by atoms with Crippen LogP contribution in [0.15, 0.2) is 47.4 Å². The first-order valence-electron chi connectivity index (χ1n) is 6.51. The average molecular weight is 307 g/mol. The number of para-hydroxylation sites is 1. The summed E-state index contributed by atoms with van der Waals surface area (Å²) in [6, 6.07) is 11.6. The topological polar surface area (TPSA) is 65.5 Å². The molecule has 1 aromatic carbocycles. The van der Waals surface area contributed by atoms with Crippen LogP contribution in [0.4, 0.5) is 0 Å². The summed E-state index contributed by atoms with van der Waals surface area (Å²) in [4.78, 5) is 4.35. The van der Waals surface area contributed by atoms with E-state index in [2.05, 4.69) is 4.98 Å². The molecule has 0 aliphatic heterocycles. The minimum Gasteiger partial charge on any atom is -0.495 e. The fraction of sp³-hybridized carbons (Fsp3) is 0.267. The first kappa shape index (κ1) is 15.3. The molecule has 0 bridgehead atoms. The number of ether oxygens (including phenoxy) is 2. The molecule has 5 nitrogen and oxygen atoms in total. The molecule has 0 aliphatic rings. The van der Waals surface area contributed by atoms with Crippen molar-refractivity contribution in [3.8, 4) is 11.6 Å². The summed E-state index contributed by atoms with van der Waals surface area (Å²) >= 11 is 0. The van der Waals surface area contributed by atoms with Crippen molar-refractivity contribution in [2.24, 2.45) is 0 Å². The van der Waals surface area contributed by atoms with Gasteiger partial charge in [0.2, 0.25) is 5.88 Å². The van der Waals surface area contributed by atoms with Gasteiger partial charge in [-0.2, -0.15) is 0 Å². The Labute approximate surface area is 124 Å². The predicted molar refractivity (Wildman–Crippen MR) is 79.3 cm³/mol. The van der Waals surface area contributed by atoms with Crippen LogP contribution in [-0.2, 0) is 15.6 Å². The maximum absolute atomic E-state index is 12.5. The van der Waals surface area contributed by atoms with E-state index in [0.717, 1.165) is 0 Å². The van der Waals surface area contributed by atoms with E-state index < -0.39 is 9.84 Å². The molecule has 1 aromatic heterocycles. The summed E-state index contributed by atoms with van der Waals surface area (Å²) in [5, 5.41) is 0. The lowest BCUT2D eigenvalue weighted by Crippen LogP contribution is -2.08. The second-order valence-electron chi connectivity index (χ2n) is 4.31. The minimum absolute atomic E-state index is 0.163. The van der Waals surface area contributed by atoms with Crippen molar-refractivity contribution in [3.63, 3.8) is 0 Å². The van der Waals surface area contributed by atoms with E-state index in [9.17, 15) is 8.42 Å². The van der Waals surface area contributed by atoms with Gasteiger partial charge in [0.05, 0.1) is 25.2 Å². The lowest BCUT2D eigenvalue weighted by molar-refractivity contribution is 0.326. The Balaban J connectivity index is 2.31. The van der Waals surface area contributed by atoms with Crippen LogP contribution in [0.1, 0.15) is 12.6 Å². The summed E-state index contributed by atoms with van der Waals surface area (Å²) in [6.45, 7) is 2.33. The number of benzene rings is 1. The first-order chi connectivity index (χ1) is 10.1. The van der Waals surface area contributed by atoms with Crippen LogP contribution in [0, 0.1) is 0 Å². The molecular formula is C15H17NO4S. The van der Waals surface area contributed by atoms with Crippen LogP contribution in [0.3, 0.4) is 0 Å². The Morgan fingerprint density at radius 3 is 2.57 bits per heavy atom. The van der Waals surface area contributed by atoms with E-state index >= 15 is 0 Å². The molecule has 0 aliphatic carbocycles. The van der Waals surface area contributed by atoms with E-state index in [-0.39, 0.29) is 10.6 Å². The predicted octanol–water partition coefficient (Wildman–Crippen LogP) is 2.46. The highest BCUT2D eigenvalue weighted by molar-refractivity contribution is 7.90. The highest BCUT2D eigenvalue weighted by atomic mass is 32.2. The molecule has 0 radical (unpaired) electrons. The normalized spacial score (nSPS) is 11.1. The van der Waals surface area contributed by atoms with Crippen molar-refractivity contribution in [2.45, 2.75) is 17.6 Å². The van der Waals surface area contributed by atoms with Crippen LogP contribution >= 0.6 is 0 Å². The summed E-state index contributed by atoms with van der Waals surface area (Å²) < 4.78 is 35.4. The number of rotatable bonds is 6. The van der Waals surface area contributed by atoms with Gasteiger partial charge in [0.25, 0.3) is 0 Å². The highest BCUT2D eigenvalue weighted by Gasteiger charge is 2.20. The zero-order chi connectivity index (χ0) is 15.3. The first-order valence-corrected chi connectivity index (χ1v) is 8.16. The van der Waals surface area contributed by atoms with Crippen molar-refractivity contribution in [2.75, 3.05) is 13.7 Å². The van der Waals surface area contributed by atoms with E-state index in [4.69, 9.17) is 9.47 Å². The van der Waals surface area contributed by atoms with Gasteiger partial charge in [0.1, 0.15) is 10.6 Å². The van der Waals surface area contributed by atoms with Gasteiger partial charge in [-0.1, -0.05) is 18.2 Å². The molecule has 0 saturated carbocycles. The lowest BCUT2D eigenvalue weighted by atomic mass is 10.3. The second-order valence-corrected chi connectivity index (χ2v) is 6.27. The Bertz CT molecular complexity index is 713. The van der Waals surface area contributed by atoms with Crippen LogP contribution in [0.2, 0.25) is 0 Å². The van der Waals surface area contributed by atoms with Crippen molar-refractivity contribution in [1.82, 2.24) is 4.98 Å². The van der Waals surface area contributed by atoms with Crippen LogP contribution in [0.25, 0.3) is 0 Å². The fourth-order valence-electron chi connectivity index (χ4n) is 1.91. The molecule has 0 saturated heterocycles. The summed E-state index contributed by atoms with van der Waals surface area (Å²) in [7, 11) is -2.08. The number of aromatic nitrogens is 1. The largest absolute Gasteiger partial charge is 0.495 e. The van der Waals surface area contributed by atoms with Gasteiger partial charge in [-0.05, 0) is 25.1 Å². The highest BCUT2D eigenvalue weighted by Crippen LogP contribution is 2.26. The van der Waals surface area contributed by atoms with E-state index in [1.165, 1.54) is 13.2 Å². The van der Waals surface area contributed by atoms with Crippen LogP contribution in [0.5, 0.6) is 11.6 Å². The zero-order valence-electron chi connectivity index (χ0n) is 11.9. The quantitative estimate of drug-likeness (QED) is 0.820. The fourth-order valence-corrected chi connectivity index (χ4v) is 3.36. The number of hydrogen-bond donors (Lipinski definition) is 0. The number of hydrogen-bond acceptors (Lipinski definition) is 5. The third kappa shape index (κ3) is 3.72. The standard InChI is InChI=1S/C15H17NO4S/c1-3-20-15-10-6-7-12(16-15)11-21(17,18)14-9-5-4-8-13(14)19-2/h4-10H,3,11H2,1-2H3. The van der Waals surface area contributed by atoms with Gasteiger partial charge in [-0.25, -0.2) is 13.4 Å². The van der Waals surface area contributed by atoms with Crippen LogP contribution < -0.4 is 9.47 Å². The molecule has 1 heterocycles. The minimum atomic E-state index is -3.53. The number of sulfone groups is 1. The Morgan fingerprint density at radius 1 is 1.10 bits per heavy atom. The smallest absolute Gasteiger partial charge is 0.213 e. The van der Waals surface area contributed by atoms with E-state index in [0.29, 0.717) is 23.9 Å². The SMILES string of the molecule is CCOc1cccc(CS(=O)(=O)c2ccccc2OC)n1. The summed E-state index contributed by atoms with van der Waals surface area (Å²) in [6.07, 6.45) is 0. The molecular weight excluding hydrogens is 290 g/mol. The van der Waals surface area contributed by atoms with E-state index in [1.807, 2.05) is 6.92 Å². The third-order valence-corrected chi connectivity index (χ3v) is 4.50. The van der Waals surface area contributed by atoms with Gasteiger partial charge in [-0.15, -0.1) is 0 Å². The average Bonchev–Trinajstić information content (AvgIpc) is 2.47. The number of pyridine rings is 1. The molecule has 21 heavy (non-hydrogen) atoms. The van der Waals surface area contributed by atoms with Crippen molar-refractivity contribution >= 4 is 9.84 Å². The van der Waals surface area contributed by atoms with Gasteiger partial charge in [0.15, 0.2) is 9.84 Å². The van der Waals surface area contributed by atoms with Gasteiger partial charge >= 0.3 is 0 Å². The lowest BCUT2D eigenvalue weighted by Gasteiger charge is -2.09. The van der Waals surface area contributed by atoms with E-state index in [1.54, 1.807) is 36.4 Å². The second kappa shape index (κ2) is 6.58. The maximum Gasteiger partial charge on any atom is 0.213 e. The summed E-state index contributed by atoms with van der Waals surface area (Å²) in [5.41, 5.74) is 0.437. The Kier molecular flexibility index (Phi) is 4.80. The molecule has 0 amide bonds. The molecule has 0 spiro atoms.